The van der Waals surface area contributed by atoms with Crippen molar-refractivity contribution in [1.82, 2.24) is 0 Å². The summed E-state index contributed by atoms with van der Waals surface area (Å²) in [6.45, 7) is 13.6. The Morgan fingerprint density at radius 3 is 1.27 bits per heavy atom. The molecule has 2 fully saturated rings. The zero-order chi connectivity index (χ0) is 18.5. The van der Waals surface area contributed by atoms with Crippen LogP contribution in [0.3, 0.4) is 0 Å². The lowest BCUT2D eigenvalue weighted by Crippen LogP contribution is -2.32. The topological polar surface area (TPSA) is 6.48 Å². The van der Waals surface area contributed by atoms with Crippen LogP contribution < -0.4 is 9.80 Å². The van der Waals surface area contributed by atoms with Crippen LogP contribution in [0.25, 0.3) is 12.2 Å². The molecule has 0 aromatic heterocycles. The molecule has 0 spiro atoms. The fourth-order valence-corrected chi connectivity index (χ4v) is 4.28. The fraction of sp³-hybridized carbons (Fsp3) is 0.583. The van der Waals surface area contributed by atoms with Crippen LogP contribution in [0.5, 0.6) is 0 Å². The summed E-state index contributed by atoms with van der Waals surface area (Å²) in [6.07, 6.45) is 12.8. The number of allylic oxidation sites excluding steroid dienone is 2. The molecule has 0 unspecified atom stereocenters. The van der Waals surface area contributed by atoms with Gasteiger partial charge >= 0.3 is 0 Å². The molecule has 2 aliphatic heterocycles. The molecule has 26 heavy (non-hydrogen) atoms. The van der Waals surface area contributed by atoms with Crippen molar-refractivity contribution in [3.63, 3.8) is 0 Å². The van der Waals surface area contributed by atoms with Gasteiger partial charge in [-0.25, -0.2) is 0 Å². The van der Waals surface area contributed by atoms with Crippen molar-refractivity contribution < 1.29 is 0 Å². The van der Waals surface area contributed by atoms with E-state index >= 15 is 0 Å². The lowest BCUT2D eigenvalue weighted by atomic mass is 9.98. The van der Waals surface area contributed by atoms with Gasteiger partial charge in [0, 0.05) is 37.6 Å². The summed E-state index contributed by atoms with van der Waals surface area (Å²) in [6, 6.07) is 4.94. The van der Waals surface area contributed by atoms with Crippen molar-refractivity contribution in [3.05, 3.63) is 34.4 Å². The van der Waals surface area contributed by atoms with E-state index in [1.165, 1.54) is 98.4 Å². The van der Waals surface area contributed by atoms with Gasteiger partial charge in [0.25, 0.3) is 0 Å². The van der Waals surface area contributed by atoms with Crippen LogP contribution in [0.4, 0.5) is 11.4 Å². The highest BCUT2D eigenvalue weighted by Gasteiger charge is 2.19. The maximum absolute atomic E-state index is 2.61. The summed E-state index contributed by atoms with van der Waals surface area (Å²) >= 11 is 0. The third-order valence-corrected chi connectivity index (χ3v) is 5.46. The molecule has 1 aromatic carbocycles. The second-order valence-corrected chi connectivity index (χ2v) is 8.51. The molecular formula is C24H36N2. The third kappa shape index (κ3) is 4.72. The molecule has 142 valence electrons. The first-order chi connectivity index (χ1) is 12.5. The van der Waals surface area contributed by atoms with E-state index < -0.39 is 0 Å². The van der Waals surface area contributed by atoms with Crippen molar-refractivity contribution in [1.29, 1.82) is 0 Å². The first-order valence-electron chi connectivity index (χ1n) is 10.5. The Morgan fingerprint density at radius 2 is 0.962 bits per heavy atom. The summed E-state index contributed by atoms with van der Waals surface area (Å²) in [5.74, 6) is 0. The van der Waals surface area contributed by atoms with Crippen LogP contribution in [-0.4, -0.2) is 26.2 Å². The molecule has 0 aliphatic carbocycles. The minimum Gasteiger partial charge on any atom is -0.371 e. The molecule has 0 atom stereocenters. The van der Waals surface area contributed by atoms with Crippen LogP contribution in [0.15, 0.2) is 23.3 Å². The van der Waals surface area contributed by atoms with Gasteiger partial charge in [-0.3, -0.25) is 0 Å². The Labute approximate surface area is 160 Å². The molecule has 0 bridgehead atoms. The largest absolute Gasteiger partial charge is 0.371 e. The number of nitrogens with zero attached hydrogens (tertiary/aromatic N) is 2. The molecule has 2 saturated heterocycles. The number of anilines is 2. The second kappa shape index (κ2) is 8.79. The molecule has 2 heteroatoms. The molecule has 2 nitrogen and oxygen atoms in total. The Bertz CT molecular complexity index is 604. The molecule has 2 aliphatic rings. The predicted octanol–water partition coefficient (Wildman–Crippen LogP) is 6.51. The average molecular weight is 353 g/mol. The van der Waals surface area contributed by atoms with Gasteiger partial charge in [0.2, 0.25) is 0 Å². The van der Waals surface area contributed by atoms with Crippen LogP contribution in [0.1, 0.15) is 77.3 Å². The summed E-state index contributed by atoms with van der Waals surface area (Å²) < 4.78 is 0. The molecule has 2 heterocycles. The lowest BCUT2D eigenvalue weighted by molar-refractivity contribution is 0.575. The number of hydrogen-bond donors (Lipinski definition) is 0. The van der Waals surface area contributed by atoms with E-state index in [0.717, 1.165) is 0 Å². The summed E-state index contributed by atoms with van der Waals surface area (Å²) in [7, 11) is 0. The first-order valence-corrected chi connectivity index (χ1v) is 10.5. The summed E-state index contributed by atoms with van der Waals surface area (Å²) in [4.78, 5) is 5.22. The van der Waals surface area contributed by atoms with Gasteiger partial charge in [0.05, 0.1) is 0 Å². The van der Waals surface area contributed by atoms with Gasteiger partial charge in [-0.15, -0.1) is 0 Å². The van der Waals surface area contributed by atoms with E-state index in [0.29, 0.717) is 0 Å². The Balaban J connectivity index is 2.10. The van der Waals surface area contributed by atoms with Crippen LogP contribution >= 0.6 is 0 Å². The minimum atomic E-state index is 1.20. The zero-order valence-electron chi connectivity index (χ0n) is 17.3. The second-order valence-electron chi connectivity index (χ2n) is 8.51. The van der Waals surface area contributed by atoms with Crippen molar-refractivity contribution in [2.75, 3.05) is 36.0 Å². The monoisotopic (exact) mass is 352 g/mol. The van der Waals surface area contributed by atoms with Gasteiger partial charge in [-0.2, -0.15) is 0 Å². The van der Waals surface area contributed by atoms with E-state index in [2.05, 4.69) is 61.8 Å². The average Bonchev–Trinajstić information content (AvgIpc) is 2.63. The SMILES string of the molecule is CC(C)=Cc1cc(N2CCCCC2)c(C=C(C)C)cc1N1CCCCC1. The van der Waals surface area contributed by atoms with Crippen molar-refractivity contribution in [2.24, 2.45) is 0 Å². The van der Waals surface area contributed by atoms with Gasteiger partial charge in [-0.1, -0.05) is 23.3 Å². The van der Waals surface area contributed by atoms with Gasteiger partial charge < -0.3 is 9.80 Å². The van der Waals surface area contributed by atoms with E-state index in [1.54, 1.807) is 0 Å². The quantitative estimate of drug-likeness (QED) is 0.609. The number of piperidine rings is 2. The Hall–Kier alpha value is -1.70. The maximum Gasteiger partial charge on any atom is 0.0447 e. The van der Waals surface area contributed by atoms with E-state index in [4.69, 9.17) is 0 Å². The van der Waals surface area contributed by atoms with Gasteiger partial charge in [0.15, 0.2) is 0 Å². The maximum atomic E-state index is 2.61. The van der Waals surface area contributed by atoms with E-state index in [1.807, 2.05) is 0 Å². The lowest BCUT2D eigenvalue weighted by Gasteiger charge is -2.34. The molecule has 3 rings (SSSR count). The predicted molar refractivity (Wildman–Crippen MR) is 117 cm³/mol. The van der Waals surface area contributed by atoms with Crippen molar-refractivity contribution >= 4 is 23.5 Å². The molecule has 0 amide bonds. The van der Waals surface area contributed by atoms with Gasteiger partial charge in [-0.05, 0) is 89.5 Å². The van der Waals surface area contributed by atoms with E-state index in [9.17, 15) is 0 Å². The minimum absolute atomic E-state index is 1.20. The Kier molecular flexibility index (Phi) is 6.45. The first kappa shape index (κ1) is 19.1. The van der Waals surface area contributed by atoms with Crippen molar-refractivity contribution in [3.8, 4) is 0 Å². The zero-order valence-corrected chi connectivity index (χ0v) is 17.3. The Morgan fingerprint density at radius 1 is 0.615 bits per heavy atom. The van der Waals surface area contributed by atoms with Crippen molar-refractivity contribution in [2.45, 2.75) is 66.2 Å². The standard InChI is InChI=1S/C24H36N2/c1-19(2)15-21-17-24(26-13-9-6-10-14-26)22(16-20(3)4)18-23(21)25-11-7-5-8-12-25/h15-18H,5-14H2,1-4H3. The van der Waals surface area contributed by atoms with Crippen LogP contribution in [0, 0.1) is 0 Å². The highest BCUT2D eigenvalue weighted by Crippen LogP contribution is 2.36. The van der Waals surface area contributed by atoms with Crippen LogP contribution in [-0.2, 0) is 0 Å². The van der Waals surface area contributed by atoms with Gasteiger partial charge in [0.1, 0.15) is 0 Å². The smallest absolute Gasteiger partial charge is 0.0447 e. The normalized spacial score (nSPS) is 17.8. The number of benzene rings is 1. The molecule has 0 N–H and O–H groups in total. The highest BCUT2D eigenvalue weighted by molar-refractivity contribution is 5.81. The molecule has 0 radical (unpaired) electrons. The third-order valence-electron chi connectivity index (χ3n) is 5.46. The highest BCUT2D eigenvalue weighted by atomic mass is 15.1. The molecule has 1 aromatic rings. The number of hydrogen-bond acceptors (Lipinski definition) is 2. The number of rotatable bonds is 4. The fourth-order valence-electron chi connectivity index (χ4n) is 4.28. The molecule has 0 saturated carbocycles. The molecular weight excluding hydrogens is 316 g/mol. The van der Waals surface area contributed by atoms with E-state index in [-0.39, 0.29) is 0 Å². The summed E-state index contributed by atoms with van der Waals surface area (Å²) in [5, 5.41) is 0. The van der Waals surface area contributed by atoms with Crippen LogP contribution in [0.2, 0.25) is 0 Å². The summed E-state index contributed by atoms with van der Waals surface area (Å²) in [5.41, 5.74) is 8.42.